The van der Waals surface area contributed by atoms with Crippen molar-refractivity contribution in [3.05, 3.63) is 34.8 Å². The molecular formula is C11H11ClN2O2S. The third kappa shape index (κ3) is 2.75. The van der Waals surface area contributed by atoms with E-state index in [2.05, 4.69) is 4.98 Å². The van der Waals surface area contributed by atoms with Crippen LogP contribution in [-0.4, -0.2) is 16.1 Å². The van der Waals surface area contributed by atoms with E-state index in [1.807, 2.05) is 12.1 Å². The maximum absolute atomic E-state index is 10.9. The highest BCUT2D eigenvalue weighted by Gasteiger charge is 2.14. The third-order valence-electron chi connectivity index (χ3n) is 2.15. The van der Waals surface area contributed by atoms with Crippen molar-refractivity contribution in [2.24, 2.45) is 0 Å². The van der Waals surface area contributed by atoms with Gasteiger partial charge in [0.1, 0.15) is 9.88 Å². The highest BCUT2D eigenvalue weighted by Crippen LogP contribution is 2.28. The monoisotopic (exact) mass is 270 g/mol. The molecule has 0 aliphatic rings. The number of aromatic carboxylic acids is 1. The Morgan fingerprint density at radius 2 is 1.94 bits per heavy atom. The molecule has 0 saturated carbocycles. The van der Waals surface area contributed by atoms with Gasteiger partial charge in [-0.3, -0.25) is 0 Å². The number of anilines is 1. The number of benzene rings is 1. The fraction of sp³-hybridized carbons (Fsp3) is 0.0909. The topological polar surface area (TPSA) is 76.2 Å². The molecule has 1 aromatic carbocycles. The first-order valence-corrected chi connectivity index (χ1v) is 5.46. The van der Waals surface area contributed by atoms with Crippen LogP contribution in [0.1, 0.15) is 15.4 Å². The summed E-state index contributed by atoms with van der Waals surface area (Å²) in [7, 11) is 0. The van der Waals surface area contributed by atoms with E-state index >= 15 is 0 Å². The van der Waals surface area contributed by atoms with Gasteiger partial charge in [0.2, 0.25) is 0 Å². The lowest BCUT2D eigenvalue weighted by atomic mass is 10.2. The first kappa shape index (κ1) is 13.5. The van der Waals surface area contributed by atoms with Crippen molar-refractivity contribution in [2.45, 2.75) is 6.92 Å². The van der Waals surface area contributed by atoms with Crippen LogP contribution in [0.25, 0.3) is 10.6 Å². The number of aryl methyl sites for hydroxylation is 1. The number of thiazole rings is 1. The smallest absolute Gasteiger partial charge is 0.347 e. The molecule has 4 nitrogen and oxygen atoms in total. The number of halogens is 1. The Hall–Kier alpha value is -1.59. The van der Waals surface area contributed by atoms with Crippen molar-refractivity contribution >= 4 is 35.4 Å². The first-order valence-electron chi connectivity index (χ1n) is 4.64. The molecule has 90 valence electrons. The summed E-state index contributed by atoms with van der Waals surface area (Å²) in [6.07, 6.45) is 0. The van der Waals surface area contributed by atoms with Crippen LogP contribution in [0, 0.1) is 6.92 Å². The van der Waals surface area contributed by atoms with Crippen LogP contribution in [0.5, 0.6) is 0 Å². The van der Waals surface area contributed by atoms with Gasteiger partial charge in [0.15, 0.2) is 0 Å². The largest absolute Gasteiger partial charge is 0.477 e. The molecule has 1 aromatic heterocycles. The van der Waals surface area contributed by atoms with Crippen LogP contribution >= 0.6 is 23.7 Å². The van der Waals surface area contributed by atoms with Gasteiger partial charge in [0.25, 0.3) is 0 Å². The molecule has 0 amide bonds. The van der Waals surface area contributed by atoms with Crippen LogP contribution in [-0.2, 0) is 0 Å². The predicted octanol–water partition coefficient (Wildman–Crippen LogP) is 2.82. The van der Waals surface area contributed by atoms with Gasteiger partial charge < -0.3 is 10.8 Å². The summed E-state index contributed by atoms with van der Waals surface area (Å²) in [4.78, 5) is 15.4. The number of hydrogen-bond donors (Lipinski definition) is 2. The molecule has 0 atom stereocenters. The molecular weight excluding hydrogens is 260 g/mol. The lowest BCUT2D eigenvalue weighted by molar-refractivity contribution is 0.0701. The van der Waals surface area contributed by atoms with Gasteiger partial charge >= 0.3 is 5.97 Å². The van der Waals surface area contributed by atoms with Gasteiger partial charge in [-0.05, 0) is 31.2 Å². The Balaban J connectivity index is 0.00000144. The Kier molecular flexibility index (Phi) is 4.09. The lowest BCUT2D eigenvalue weighted by Gasteiger charge is -1.96. The fourth-order valence-corrected chi connectivity index (χ4v) is 2.25. The number of hydrogen-bond acceptors (Lipinski definition) is 4. The number of nitrogens with two attached hydrogens (primary N) is 1. The van der Waals surface area contributed by atoms with Crippen molar-refractivity contribution in [3.63, 3.8) is 0 Å². The molecule has 0 unspecified atom stereocenters. The number of rotatable bonds is 2. The molecule has 2 rings (SSSR count). The minimum Gasteiger partial charge on any atom is -0.477 e. The first-order chi connectivity index (χ1) is 7.58. The van der Waals surface area contributed by atoms with Gasteiger partial charge in [-0.2, -0.15) is 0 Å². The molecule has 0 radical (unpaired) electrons. The van der Waals surface area contributed by atoms with E-state index in [0.717, 1.165) is 5.56 Å². The summed E-state index contributed by atoms with van der Waals surface area (Å²) in [5.41, 5.74) is 7.68. The highest BCUT2D eigenvalue weighted by molar-refractivity contribution is 7.17. The Labute approximate surface area is 109 Å². The molecule has 1 heterocycles. The number of nitrogens with zero attached hydrogens (tertiary/aromatic N) is 1. The number of carbonyl (C=O) groups is 1. The Bertz CT molecular complexity index is 537. The number of carboxylic acid groups (broad SMARTS) is 1. The molecule has 17 heavy (non-hydrogen) atoms. The van der Waals surface area contributed by atoms with Crippen LogP contribution in [0.3, 0.4) is 0 Å². The van der Waals surface area contributed by atoms with Gasteiger partial charge in [0.05, 0.1) is 5.69 Å². The van der Waals surface area contributed by atoms with Gasteiger partial charge in [0, 0.05) is 11.3 Å². The quantitative estimate of drug-likeness (QED) is 0.823. The van der Waals surface area contributed by atoms with Crippen LogP contribution in [0.4, 0.5) is 5.69 Å². The summed E-state index contributed by atoms with van der Waals surface area (Å²) in [5.74, 6) is -0.934. The molecule has 0 aliphatic heterocycles. The molecule has 2 aromatic rings. The minimum atomic E-state index is -0.934. The molecule has 0 fully saturated rings. The Morgan fingerprint density at radius 1 is 1.35 bits per heavy atom. The van der Waals surface area contributed by atoms with E-state index < -0.39 is 5.97 Å². The Morgan fingerprint density at radius 3 is 2.41 bits per heavy atom. The molecule has 6 heteroatoms. The standard InChI is InChI=1S/C11H10N2O2S.ClH/c1-6-9(11(14)15)16-10(13-6)7-2-4-8(12)5-3-7;/h2-5H,12H2,1H3,(H,14,15);1H. The van der Waals surface area contributed by atoms with Gasteiger partial charge in [-0.25, -0.2) is 9.78 Å². The average molecular weight is 271 g/mol. The number of nitrogen functional groups attached to an aromatic ring is 1. The normalized spacial score (nSPS) is 9.71. The summed E-state index contributed by atoms with van der Waals surface area (Å²) in [6.45, 7) is 1.70. The van der Waals surface area contributed by atoms with Gasteiger partial charge in [-0.1, -0.05) is 0 Å². The molecule has 0 bridgehead atoms. The van der Waals surface area contributed by atoms with E-state index in [1.165, 1.54) is 11.3 Å². The zero-order chi connectivity index (χ0) is 11.7. The predicted molar refractivity (Wildman–Crippen MR) is 70.9 cm³/mol. The zero-order valence-electron chi connectivity index (χ0n) is 9.01. The second-order valence-corrected chi connectivity index (χ2v) is 4.36. The van der Waals surface area contributed by atoms with Crippen molar-refractivity contribution < 1.29 is 9.90 Å². The van der Waals surface area contributed by atoms with E-state index in [0.29, 0.717) is 16.4 Å². The van der Waals surface area contributed by atoms with Crippen LogP contribution < -0.4 is 5.73 Å². The van der Waals surface area contributed by atoms with Crippen molar-refractivity contribution in [2.75, 3.05) is 5.73 Å². The maximum atomic E-state index is 10.9. The minimum absolute atomic E-state index is 0. The van der Waals surface area contributed by atoms with Crippen LogP contribution in [0.15, 0.2) is 24.3 Å². The SMILES string of the molecule is Cc1nc(-c2ccc(N)cc2)sc1C(=O)O.Cl. The fourth-order valence-electron chi connectivity index (χ4n) is 1.34. The third-order valence-corrected chi connectivity index (χ3v) is 3.34. The van der Waals surface area contributed by atoms with Crippen molar-refractivity contribution in [3.8, 4) is 10.6 Å². The average Bonchev–Trinajstić information content (AvgIpc) is 2.61. The van der Waals surface area contributed by atoms with Crippen molar-refractivity contribution in [1.29, 1.82) is 0 Å². The second-order valence-electron chi connectivity index (χ2n) is 3.36. The van der Waals surface area contributed by atoms with E-state index in [1.54, 1.807) is 19.1 Å². The van der Waals surface area contributed by atoms with E-state index in [4.69, 9.17) is 10.8 Å². The van der Waals surface area contributed by atoms with Crippen LogP contribution in [0.2, 0.25) is 0 Å². The molecule has 3 N–H and O–H groups in total. The lowest BCUT2D eigenvalue weighted by Crippen LogP contribution is -1.94. The number of carboxylic acids is 1. The molecule has 0 spiro atoms. The molecule has 0 saturated heterocycles. The summed E-state index contributed by atoms with van der Waals surface area (Å²) >= 11 is 1.18. The number of aromatic nitrogens is 1. The van der Waals surface area contributed by atoms with E-state index in [-0.39, 0.29) is 17.3 Å². The maximum Gasteiger partial charge on any atom is 0.347 e. The molecule has 0 aliphatic carbocycles. The van der Waals surface area contributed by atoms with Crippen molar-refractivity contribution in [1.82, 2.24) is 4.98 Å². The highest BCUT2D eigenvalue weighted by atomic mass is 35.5. The summed E-state index contributed by atoms with van der Waals surface area (Å²) < 4.78 is 0. The van der Waals surface area contributed by atoms with E-state index in [9.17, 15) is 4.79 Å². The van der Waals surface area contributed by atoms with Gasteiger partial charge in [-0.15, -0.1) is 23.7 Å². The summed E-state index contributed by atoms with van der Waals surface area (Å²) in [6, 6.07) is 7.21. The summed E-state index contributed by atoms with van der Waals surface area (Å²) in [5, 5.41) is 9.62. The second kappa shape index (κ2) is 5.16. The zero-order valence-corrected chi connectivity index (χ0v) is 10.6.